The highest BCUT2D eigenvalue weighted by molar-refractivity contribution is 9.10. The van der Waals surface area contributed by atoms with Gasteiger partial charge >= 0.3 is 0 Å². The zero-order chi connectivity index (χ0) is 9.68. The zero-order valence-corrected chi connectivity index (χ0v) is 9.41. The zero-order valence-electron chi connectivity index (χ0n) is 7.83. The smallest absolute Gasteiger partial charge is 0.227 e. The molecule has 1 aromatic heterocycles. The van der Waals surface area contributed by atoms with Crippen molar-refractivity contribution >= 4 is 15.9 Å². The molecule has 0 aliphatic heterocycles. The molecular weight excluding hydrogens is 232 g/mol. The maximum Gasteiger partial charge on any atom is 0.227 e. The van der Waals surface area contributed by atoms with Crippen LogP contribution in [0.2, 0.25) is 0 Å². The summed E-state index contributed by atoms with van der Waals surface area (Å²) in [5, 5.41) is 0. The maximum atomic E-state index is 5.45. The predicted molar refractivity (Wildman–Crippen MR) is 56.0 cm³/mol. The molecular formula is C9H13BrN2O. The van der Waals surface area contributed by atoms with Crippen LogP contribution in [-0.4, -0.2) is 37.1 Å². The number of ether oxygens (including phenoxy) is 1. The topological polar surface area (TPSA) is 25.4 Å². The van der Waals surface area contributed by atoms with E-state index in [0.29, 0.717) is 12.5 Å². The summed E-state index contributed by atoms with van der Waals surface area (Å²) in [7, 11) is 4.02. The van der Waals surface area contributed by atoms with Gasteiger partial charge in [0.05, 0.1) is 4.47 Å². The molecule has 0 bridgehead atoms. The second kappa shape index (κ2) is 5.19. The number of likely N-dealkylation sites (N-methyl/N-ethyl adjacent to an activating group) is 1. The molecule has 1 aromatic rings. The van der Waals surface area contributed by atoms with E-state index in [1.54, 1.807) is 6.20 Å². The molecule has 0 saturated carbocycles. The van der Waals surface area contributed by atoms with Gasteiger partial charge in [-0.15, -0.1) is 0 Å². The van der Waals surface area contributed by atoms with Crippen LogP contribution in [0.3, 0.4) is 0 Å². The highest BCUT2D eigenvalue weighted by atomic mass is 79.9. The van der Waals surface area contributed by atoms with Gasteiger partial charge in [0.2, 0.25) is 5.88 Å². The molecule has 4 heteroatoms. The first kappa shape index (κ1) is 10.5. The molecule has 3 nitrogen and oxygen atoms in total. The Morgan fingerprint density at radius 2 is 2.31 bits per heavy atom. The number of pyridine rings is 1. The van der Waals surface area contributed by atoms with Crippen LogP contribution in [0.25, 0.3) is 0 Å². The van der Waals surface area contributed by atoms with E-state index in [1.807, 2.05) is 26.2 Å². The number of hydrogen-bond donors (Lipinski definition) is 0. The van der Waals surface area contributed by atoms with E-state index >= 15 is 0 Å². The van der Waals surface area contributed by atoms with Gasteiger partial charge in [0.1, 0.15) is 6.61 Å². The lowest BCUT2D eigenvalue weighted by atomic mass is 10.5. The van der Waals surface area contributed by atoms with Crippen LogP contribution in [0.5, 0.6) is 5.88 Å². The number of halogens is 1. The van der Waals surface area contributed by atoms with E-state index in [2.05, 4.69) is 25.8 Å². The fourth-order valence-electron chi connectivity index (χ4n) is 0.802. The minimum Gasteiger partial charge on any atom is -0.476 e. The Kier molecular flexibility index (Phi) is 4.18. The first-order valence-electron chi connectivity index (χ1n) is 4.08. The SMILES string of the molecule is CN(C)CCOc1ncccc1Br. The Labute approximate surface area is 86.9 Å². The van der Waals surface area contributed by atoms with Crippen molar-refractivity contribution in [3.8, 4) is 5.88 Å². The summed E-state index contributed by atoms with van der Waals surface area (Å²) in [6.45, 7) is 1.55. The Bertz CT molecular complexity index is 266. The molecule has 1 rings (SSSR count). The summed E-state index contributed by atoms with van der Waals surface area (Å²) in [6, 6.07) is 3.78. The number of hydrogen-bond acceptors (Lipinski definition) is 3. The normalized spacial score (nSPS) is 10.5. The third-order valence-corrected chi connectivity index (χ3v) is 2.11. The fraction of sp³-hybridized carbons (Fsp3) is 0.444. The minimum absolute atomic E-state index is 0.655. The van der Waals surface area contributed by atoms with E-state index in [4.69, 9.17) is 4.74 Å². The Hall–Kier alpha value is -0.610. The quantitative estimate of drug-likeness (QED) is 0.808. The van der Waals surface area contributed by atoms with E-state index in [0.717, 1.165) is 11.0 Å². The standard InChI is InChI=1S/C9H13BrN2O/c1-12(2)6-7-13-9-8(10)4-3-5-11-9/h3-5H,6-7H2,1-2H3. The van der Waals surface area contributed by atoms with E-state index in [-0.39, 0.29) is 0 Å². The summed E-state index contributed by atoms with van der Waals surface area (Å²) in [5.41, 5.74) is 0. The van der Waals surface area contributed by atoms with Crippen LogP contribution in [0, 0.1) is 0 Å². The average molecular weight is 245 g/mol. The summed E-state index contributed by atoms with van der Waals surface area (Å²) >= 11 is 3.36. The summed E-state index contributed by atoms with van der Waals surface area (Å²) in [4.78, 5) is 6.15. The van der Waals surface area contributed by atoms with Crippen LogP contribution < -0.4 is 4.74 Å². The molecule has 13 heavy (non-hydrogen) atoms. The molecule has 0 fully saturated rings. The van der Waals surface area contributed by atoms with Gasteiger partial charge in [-0.1, -0.05) is 0 Å². The lowest BCUT2D eigenvalue weighted by Gasteiger charge is -2.10. The molecule has 0 radical (unpaired) electrons. The number of rotatable bonds is 4. The van der Waals surface area contributed by atoms with Gasteiger partial charge in [0.15, 0.2) is 0 Å². The maximum absolute atomic E-state index is 5.45. The molecule has 1 heterocycles. The van der Waals surface area contributed by atoms with Crippen molar-refractivity contribution in [2.45, 2.75) is 0 Å². The Morgan fingerprint density at radius 3 is 2.92 bits per heavy atom. The lowest BCUT2D eigenvalue weighted by Crippen LogP contribution is -2.19. The highest BCUT2D eigenvalue weighted by Gasteiger charge is 2.00. The molecule has 72 valence electrons. The summed E-state index contributed by atoms with van der Waals surface area (Å²) in [5.74, 6) is 0.657. The van der Waals surface area contributed by atoms with Gasteiger partial charge in [-0.25, -0.2) is 4.98 Å². The molecule has 0 spiro atoms. The van der Waals surface area contributed by atoms with E-state index < -0.39 is 0 Å². The molecule has 0 atom stereocenters. The van der Waals surface area contributed by atoms with Crippen LogP contribution >= 0.6 is 15.9 Å². The van der Waals surface area contributed by atoms with Crippen molar-refractivity contribution < 1.29 is 4.74 Å². The van der Waals surface area contributed by atoms with Crippen molar-refractivity contribution in [2.75, 3.05) is 27.2 Å². The third-order valence-electron chi connectivity index (χ3n) is 1.50. The van der Waals surface area contributed by atoms with Gasteiger partial charge in [0.25, 0.3) is 0 Å². The van der Waals surface area contributed by atoms with Crippen molar-refractivity contribution in [1.82, 2.24) is 9.88 Å². The largest absolute Gasteiger partial charge is 0.476 e. The van der Waals surface area contributed by atoms with Gasteiger partial charge in [-0.05, 0) is 42.2 Å². The van der Waals surface area contributed by atoms with Gasteiger partial charge in [-0.3, -0.25) is 0 Å². The highest BCUT2D eigenvalue weighted by Crippen LogP contribution is 2.20. The van der Waals surface area contributed by atoms with Crippen molar-refractivity contribution in [2.24, 2.45) is 0 Å². The van der Waals surface area contributed by atoms with Crippen LogP contribution in [-0.2, 0) is 0 Å². The first-order valence-corrected chi connectivity index (χ1v) is 4.87. The molecule has 0 aliphatic carbocycles. The van der Waals surface area contributed by atoms with Gasteiger partial charge < -0.3 is 9.64 Å². The Morgan fingerprint density at radius 1 is 1.54 bits per heavy atom. The third kappa shape index (κ3) is 3.74. The molecule has 0 N–H and O–H groups in total. The van der Waals surface area contributed by atoms with Gasteiger partial charge in [0, 0.05) is 12.7 Å². The minimum atomic E-state index is 0.655. The van der Waals surface area contributed by atoms with Crippen molar-refractivity contribution in [1.29, 1.82) is 0 Å². The lowest BCUT2D eigenvalue weighted by molar-refractivity contribution is 0.252. The van der Waals surface area contributed by atoms with E-state index in [1.165, 1.54) is 0 Å². The van der Waals surface area contributed by atoms with Crippen molar-refractivity contribution in [3.05, 3.63) is 22.8 Å². The average Bonchev–Trinajstić information content (AvgIpc) is 2.08. The second-order valence-electron chi connectivity index (χ2n) is 2.94. The summed E-state index contributed by atoms with van der Waals surface area (Å²) in [6.07, 6.45) is 1.72. The number of aromatic nitrogens is 1. The fourth-order valence-corrected chi connectivity index (χ4v) is 1.17. The molecule has 0 saturated heterocycles. The summed E-state index contributed by atoms with van der Waals surface area (Å²) < 4.78 is 6.34. The molecule has 0 aromatic carbocycles. The van der Waals surface area contributed by atoms with E-state index in [9.17, 15) is 0 Å². The molecule has 0 amide bonds. The number of nitrogens with zero attached hydrogens (tertiary/aromatic N) is 2. The van der Waals surface area contributed by atoms with Crippen LogP contribution in [0.1, 0.15) is 0 Å². The first-order chi connectivity index (χ1) is 6.20. The predicted octanol–water partition coefficient (Wildman–Crippen LogP) is 1.78. The molecule has 0 aliphatic rings. The molecule has 0 unspecified atom stereocenters. The van der Waals surface area contributed by atoms with Crippen molar-refractivity contribution in [3.63, 3.8) is 0 Å². The van der Waals surface area contributed by atoms with Crippen LogP contribution in [0.4, 0.5) is 0 Å². The Balaban J connectivity index is 2.41. The van der Waals surface area contributed by atoms with Crippen LogP contribution in [0.15, 0.2) is 22.8 Å². The second-order valence-corrected chi connectivity index (χ2v) is 3.80. The van der Waals surface area contributed by atoms with Gasteiger partial charge in [-0.2, -0.15) is 0 Å². The monoisotopic (exact) mass is 244 g/mol.